The minimum atomic E-state index is -0.306. The second-order valence-corrected chi connectivity index (χ2v) is 6.12. The topological polar surface area (TPSA) is 64.9 Å². The quantitative estimate of drug-likeness (QED) is 0.830. The van der Waals surface area contributed by atoms with Crippen LogP contribution >= 0.6 is 0 Å². The lowest BCUT2D eigenvalue weighted by atomic mass is 9.85. The summed E-state index contributed by atoms with van der Waals surface area (Å²) >= 11 is 0. The molecule has 4 nitrogen and oxygen atoms in total. The van der Waals surface area contributed by atoms with E-state index in [1.54, 1.807) is 6.07 Å². The molecule has 0 aromatic heterocycles. The Morgan fingerprint density at radius 1 is 1.00 bits per heavy atom. The number of hydrogen-bond donors (Lipinski definition) is 2. The smallest absolute Gasteiger partial charge is 0.163 e. The molecule has 0 spiro atoms. The van der Waals surface area contributed by atoms with Gasteiger partial charge >= 0.3 is 0 Å². The first kappa shape index (κ1) is 14.5. The lowest BCUT2D eigenvalue weighted by Gasteiger charge is -2.26. The number of nitrogens with zero attached hydrogens (tertiary/aromatic N) is 1. The lowest BCUT2D eigenvalue weighted by molar-refractivity contribution is -0.116. The molecule has 1 aliphatic heterocycles. The Morgan fingerprint density at radius 2 is 1.75 bits per heavy atom. The van der Waals surface area contributed by atoms with Gasteiger partial charge in [0.05, 0.1) is 29.0 Å². The third-order valence-corrected chi connectivity index (χ3v) is 4.65. The molecule has 1 heterocycles. The van der Waals surface area contributed by atoms with Gasteiger partial charge in [-0.1, -0.05) is 30.3 Å². The zero-order valence-corrected chi connectivity index (χ0v) is 13.2. The molecule has 2 aliphatic rings. The summed E-state index contributed by atoms with van der Waals surface area (Å²) in [5.41, 5.74) is 5.09. The Morgan fingerprint density at radius 3 is 2.58 bits per heavy atom. The van der Waals surface area contributed by atoms with Crippen molar-refractivity contribution in [3.8, 4) is 6.07 Å². The van der Waals surface area contributed by atoms with E-state index in [2.05, 4.69) is 16.7 Å². The molecule has 2 aromatic rings. The molecule has 1 unspecified atom stereocenters. The van der Waals surface area contributed by atoms with Gasteiger partial charge in [-0.05, 0) is 36.6 Å². The highest BCUT2D eigenvalue weighted by Gasteiger charge is 2.32. The lowest BCUT2D eigenvalue weighted by Crippen LogP contribution is -2.24. The zero-order valence-electron chi connectivity index (χ0n) is 13.2. The molecule has 1 atom stereocenters. The maximum Gasteiger partial charge on any atom is 0.163 e. The van der Waals surface area contributed by atoms with E-state index in [-0.39, 0.29) is 11.8 Å². The highest BCUT2D eigenvalue weighted by molar-refractivity contribution is 6.00. The van der Waals surface area contributed by atoms with Gasteiger partial charge < -0.3 is 10.6 Å². The van der Waals surface area contributed by atoms with E-state index in [0.717, 1.165) is 41.1 Å². The van der Waals surface area contributed by atoms with E-state index in [1.165, 1.54) is 0 Å². The molecule has 4 heteroatoms. The largest absolute Gasteiger partial charge is 0.372 e. The fraction of sp³-hybridized carbons (Fsp3) is 0.200. The maximum absolute atomic E-state index is 12.7. The van der Waals surface area contributed by atoms with Crippen LogP contribution in [0.25, 0.3) is 0 Å². The number of anilines is 2. The van der Waals surface area contributed by atoms with E-state index < -0.39 is 0 Å². The molecular formula is C20H17N3O. The molecule has 118 valence electrons. The number of para-hydroxylation sites is 2. The predicted octanol–water partition coefficient (Wildman–Crippen LogP) is 4.14. The van der Waals surface area contributed by atoms with Gasteiger partial charge in [0.1, 0.15) is 0 Å². The van der Waals surface area contributed by atoms with Crippen LogP contribution in [0, 0.1) is 11.3 Å². The summed E-state index contributed by atoms with van der Waals surface area (Å²) in [6.45, 7) is 0. The number of Topliss-reactive ketones (excluding diaryl/α,β-unsaturated/α-hetero) is 1. The number of nitriles is 1. The number of benzene rings is 2. The van der Waals surface area contributed by atoms with Gasteiger partial charge in [-0.25, -0.2) is 0 Å². The monoisotopic (exact) mass is 315 g/mol. The molecule has 0 bridgehead atoms. The van der Waals surface area contributed by atoms with E-state index in [9.17, 15) is 10.1 Å². The molecule has 24 heavy (non-hydrogen) atoms. The number of fused-ring (bicyclic) bond motifs is 1. The molecule has 2 N–H and O–H groups in total. The first-order chi connectivity index (χ1) is 11.8. The average Bonchev–Trinajstić information content (AvgIpc) is 2.79. The van der Waals surface area contributed by atoms with Crippen LogP contribution in [-0.2, 0) is 4.79 Å². The van der Waals surface area contributed by atoms with Crippen LogP contribution in [-0.4, -0.2) is 5.78 Å². The third kappa shape index (κ3) is 2.35. The summed E-state index contributed by atoms with van der Waals surface area (Å²) < 4.78 is 0. The van der Waals surface area contributed by atoms with E-state index >= 15 is 0 Å². The number of hydrogen-bond acceptors (Lipinski definition) is 4. The van der Waals surface area contributed by atoms with Crippen LogP contribution in [0.15, 0.2) is 59.8 Å². The first-order valence-corrected chi connectivity index (χ1v) is 8.16. The summed E-state index contributed by atoms with van der Waals surface area (Å²) in [6.07, 6.45) is 2.27. The Hall–Kier alpha value is -3.06. The summed E-state index contributed by atoms with van der Waals surface area (Å²) in [6, 6.07) is 17.4. The fourth-order valence-electron chi connectivity index (χ4n) is 3.52. The Labute approximate surface area is 140 Å². The van der Waals surface area contributed by atoms with Crippen LogP contribution in [0.5, 0.6) is 0 Å². The number of nitrogens with one attached hydrogen (secondary N) is 2. The van der Waals surface area contributed by atoms with Crippen molar-refractivity contribution in [2.45, 2.75) is 25.3 Å². The second-order valence-electron chi connectivity index (χ2n) is 6.12. The van der Waals surface area contributed by atoms with Crippen LogP contribution in [0.3, 0.4) is 0 Å². The zero-order chi connectivity index (χ0) is 16.5. The van der Waals surface area contributed by atoms with Gasteiger partial charge in [-0.15, -0.1) is 0 Å². The van der Waals surface area contributed by atoms with E-state index in [1.807, 2.05) is 42.5 Å². The van der Waals surface area contributed by atoms with Crippen molar-refractivity contribution >= 4 is 17.2 Å². The summed E-state index contributed by atoms with van der Waals surface area (Å²) in [7, 11) is 0. The summed E-state index contributed by atoms with van der Waals surface area (Å²) in [5, 5.41) is 16.4. The highest BCUT2D eigenvalue weighted by atomic mass is 16.1. The molecular weight excluding hydrogens is 298 g/mol. The Balaban J connectivity index is 1.92. The SMILES string of the molecule is N#Cc1ccccc1C1Nc2ccccc2NC2=C1C(=O)CCC2. The first-order valence-electron chi connectivity index (χ1n) is 8.16. The summed E-state index contributed by atoms with van der Waals surface area (Å²) in [4.78, 5) is 12.7. The van der Waals surface area contributed by atoms with E-state index in [4.69, 9.17) is 0 Å². The van der Waals surface area contributed by atoms with Crippen molar-refractivity contribution in [3.05, 3.63) is 70.9 Å². The number of allylic oxidation sites excluding steroid dienone is 1. The number of carbonyl (C=O) groups excluding carboxylic acids is 1. The van der Waals surface area contributed by atoms with Gasteiger partial charge in [0.15, 0.2) is 5.78 Å². The average molecular weight is 315 g/mol. The van der Waals surface area contributed by atoms with Crippen LogP contribution in [0.1, 0.15) is 36.4 Å². The predicted molar refractivity (Wildman–Crippen MR) is 93.5 cm³/mol. The van der Waals surface area contributed by atoms with Crippen LogP contribution in [0.4, 0.5) is 11.4 Å². The van der Waals surface area contributed by atoms with Gasteiger partial charge in [-0.3, -0.25) is 4.79 Å². The van der Waals surface area contributed by atoms with E-state index in [0.29, 0.717) is 12.0 Å². The molecule has 0 amide bonds. The standard InChI is InChI=1S/C20H17N3O/c21-12-13-6-1-2-7-14(13)20-19-17(10-5-11-18(19)24)22-15-8-3-4-9-16(15)23-20/h1-4,6-9,20,22-23H,5,10-11H2. The van der Waals surface area contributed by atoms with Crippen molar-refractivity contribution < 1.29 is 4.79 Å². The minimum absolute atomic E-state index is 0.154. The van der Waals surface area contributed by atoms with Gasteiger partial charge in [0, 0.05) is 17.7 Å². The van der Waals surface area contributed by atoms with Gasteiger partial charge in [-0.2, -0.15) is 5.26 Å². The number of carbonyl (C=O) groups is 1. The van der Waals surface area contributed by atoms with Crippen LogP contribution < -0.4 is 10.6 Å². The van der Waals surface area contributed by atoms with Crippen molar-refractivity contribution in [2.75, 3.05) is 10.6 Å². The van der Waals surface area contributed by atoms with Crippen molar-refractivity contribution in [1.29, 1.82) is 5.26 Å². The van der Waals surface area contributed by atoms with Crippen molar-refractivity contribution in [1.82, 2.24) is 0 Å². The van der Waals surface area contributed by atoms with Crippen molar-refractivity contribution in [3.63, 3.8) is 0 Å². The molecule has 0 saturated heterocycles. The normalized spacial score (nSPS) is 19.3. The molecule has 4 rings (SSSR count). The fourth-order valence-corrected chi connectivity index (χ4v) is 3.52. The molecule has 2 aromatic carbocycles. The Kier molecular flexibility index (Phi) is 3.55. The second kappa shape index (κ2) is 5.86. The Bertz CT molecular complexity index is 892. The van der Waals surface area contributed by atoms with Crippen LogP contribution in [0.2, 0.25) is 0 Å². The highest BCUT2D eigenvalue weighted by Crippen LogP contribution is 2.41. The van der Waals surface area contributed by atoms with Gasteiger partial charge in [0.2, 0.25) is 0 Å². The molecule has 0 radical (unpaired) electrons. The number of ketones is 1. The van der Waals surface area contributed by atoms with Gasteiger partial charge in [0.25, 0.3) is 0 Å². The van der Waals surface area contributed by atoms with Crippen molar-refractivity contribution in [2.24, 2.45) is 0 Å². The number of rotatable bonds is 1. The summed E-state index contributed by atoms with van der Waals surface area (Å²) in [5.74, 6) is 0.154. The molecule has 0 fully saturated rings. The molecule has 1 aliphatic carbocycles. The maximum atomic E-state index is 12.7. The minimum Gasteiger partial charge on any atom is -0.372 e. The third-order valence-electron chi connectivity index (χ3n) is 4.65. The molecule has 0 saturated carbocycles.